The zero-order valence-corrected chi connectivity index (χ0v) is 11.7. The number of esters is 1. The van der Waals surface area contributed by atoms with Gasteiger partial charge in [-0.25, -0.2) is 4.39 Å². The molecule has 0 fully saturated rings. The first kappa shape index (κ1) is 15.1. The van der Waals surface area contributed by atoms with Crippen molar-refractivity contribution >= 4 is 21.9 Å². The predicted octanol–water partition coefficient (Wildman–Crippen LogP) is 3.36. The highest BCUT2D eigenvalue weighted by atomic mass is 79.9. The molecule has 5 heteroatoms. The molecular formula is C13H16BrFO3. The molecule has 3 nitrogen and oxygen atoms in total. The molecule has 1 N–H and O–H groups in total. The van der Waals surface area contributed by atoms with Crippen LogP contribution in [-0.4, -0.2) is 17.7 Å². The lowest BCUT2D eigenvalue weighted by atomic mass is 10.0. The second-order valence-electron chi connectivity index (χ2n) is 3.94. The minimum Gasteiger partial charge on any atom is -0.466 e. The lowest BCUT2D eigenvalue weighted by molar-refractivity contribution is -0.144. The molecule has 1 aromatic carbocycles. The van der Waals surface area contributed by atoms with Gasteiger partial charge in [-0.2, -0.15) is 0 Å². The normalized spacial score (nSPS) is 12.2. The Balaban J connectivity index is 2.52. The summed E-state index contributed by atoms with van der Waals surface area (Å²) in [6, 6.07) is 4.09. The van der Waals surface area contributed by atoms with Crippen LogP contribution in [0, 0.1) is 5.82 Å². The third-order valence-electron chi connectivity index (χ3n) is 2.41. The number of benzene rings is 1. The number of ether oxygens (including phenoxy) is 1. The molecule has 0 bridgehead atoms. The van der Waals surface area contributed by atoms with Crippen LogP contribution in [0.15, 0.2) is 22.7 Å². The number of aliphatic hydroxyl groups is 1. The van der Waals surface area contributed by atoms with E-state index < -0.39 is 11.9 Å². The molecule has 0 spiro atoms. The monoisotopic (exact) mass is 318 g/mol. The van der Waals surface area contributed by atoms with Gasteiger partial charge in [-0.3, -0.25) is 4.79 Å². The van der Waals surface area contributed by atoms with Crippen LogP contribution >= 0.6 is 15.9 Å². The van der Waals surface area contributed by atoms with Crippen LogP contribution in [0.3, 0.4) is 0 Å². The molecule has 0 radical (unpaired) electrons. The van der Waals surface area contributed by atoms with Crippen molar-refractivity contribution in [3.63, 3.8) is 0 Å². The largest absolute Gasteiger partial charge is 0.466 e. The summed E-state index contributed by atoms with van der Waals surface area (Å²) in [6.45, 7) is 2.30. The topological polar surface area (TPSA) is 46.5 Å². The van der Waals surface area contributed by atoms with E-state index in [4.69, 9.17) is 4.74 Å². The van der Waals surface area contributed by atoms with Gasteiger partial charge in [-0.05, 0) is 36.6 Å². The van der Waals surface area contributed by atoms with Gasteiger partial charge in [0.1, 0.15) is 5.82 Å². The highest BCUT2D eigenvalue weighted by Gasteiger charge is 2.14. The molecule has 0 aliphatic heterocycles. The Hall–Kier alpha value is -0.940. The Morgan fingerprint density at radius 2 is 2.28 bits per heavy atom. The highest BCUT2D eigenvalue weighted by molar-refractivity contribution is 9.10. The van der Waals surface area contributed by atoms with Gasteiger partial charge in [0.25, 0.3) is 0 Å². The number of halogens is 2. The van der Waals surface area contributed by atoms with Gasteiger partial charge in [-0.1, -0.05) is 22.9 Å². The summed E-state index contributed by atoms with van der Waals surface area (Å²) in [4.78, 5) is 11.3. The van der Waals surface area contributed by atoms with E-state index in [0.717, 1.165) is 6.42 Å². The van der Waals surface area contributed by atoms with Crippen molar-refractivity contribution in [1.82, 2.24) is 0 Å². The molecular weight excluding hydrogens is 303 g/mol. The van der Waals surface area contributed by atoms with Crippen molar-refractivity contribution in [2.24, 2.45) is 0 Å². The molecule has 18 heavy (non-hydrogen) atoms. The van der Waals surface area contributed by atoms with Crippen molar-refractivity contribution in [1.29, 1.82) is 0 Å². The number of hydrogen-bond donors (Lipinski definition) is 1. The van der Waals surface area contributed by atoms with Gasteiger partial charge < -0.3 is 9.84 Å². The van der Waals surface area contributed by atoms with Gasteiger partial charge in [0.15, 0.2) is 0 Å². The molecule has 1 rings (SSSR count). The second kappa shape index (κ2) is 7.48. The molecule has 100 valence electrons. The SMILES string of the molecule is CCCOC(=O)CCC(O)c1cc(F)ccc1Br. The zero-order valence-electron chi connectivity index (χ0n) is 10.2. The lowest BCUT2D eigenvalue weighted by Gasteiger charge is -2.12. The third-order valence-corrected chi connectivity index (χ3v) is 3.13. The zero-order chi connectivity index (χ0) is 13.5. The number of carbonyl (C=O) groups is 1. The van der Waals surface area contributed by atoms with E-state index in [1.807, 2.05) is 6.92 Å². The van der Waals surface area contributed by atoms with Crippen LogP contribution in [0.5, 0.6) is 0 Å². The van der Waals surface area contributed by atoms with Crippen LogP contribution in [0.2, 0.25) is 0 Å². The van der Waals surface area contributed by atoms with Gasteiger partial charge in [-0.15, -0.1) is 0 Å². The molecule has 0 aliphatic carbocycles. The molecule has 1 unspecified atom stereocenters. The summed E-state index contributed by atoms with van der Waals surface area (Å²) in [5.41, 5.74) is 0.443. The molecule has 0 amide bonds. The fourth-order valence-corrected chi connectivity index (χ4v) is 1.98. The molecule has 1 aromatic rings. The Morgan fingerprint density at radius 3 is 2.94 bits per heavy atom. The van der Waals surface area contributed by atoms with Crippen molar-refractivity contribution in [3.8, 4) is 0 Å². The quantitative estimate of drug-likeness (QED) is 0.818. The summed E-state index contributed by atoms with van der Waals surface area (Å²) in [5, 5.41) is 9.90. The standard InChI is InChI=1S/C13H16BrFO3/c1-2-7-18-13(17)6-5-12(16)10-8-9(15)3-4-11(10)14/h3-4,8,12,16H,2,5-7H2,1H3. The van der Waals surface area contributed by atoms with Crippen molar-refractivity contribution in [3.05, 3.63) is 34.1 Å². The average molecular weight is 319 g/mol. The molecule has 0 aromatic heterocycles. The molecule has 0 saturated heterocycles. The maximum Gasteiger partial charge on any atom is 0.305 e. The first-order valence-corrected chi connectivity index (χ1v) is 6.62. The Morgan fingerprint density at radius 1 is 1.56 bits per heavy atom. The minimum absolute atomic E-state index is 0.115. The van der Waals surface area contributed by atoms with E-state index in [1.54, 1.807) is 0 Å². The van der Waals surface area contributed by atoms with E-state index in [2.05, 4.69) is 15.9 Å². The maximum atomic E-state index is 13.0. The highest BCUT2D eigenvalue weighted by Crippen LogP contribution is 2.27. The fourth-order valence-electron chi connectivity index (χ4n) is 1.47. The number of rotatable bonds is 6. The first-order valence-electron chi connectivity index (χ1n) is 5.83. The van der Waals surface area contributed by atoms with Crippen LogP contribution in [0.1, 0.15) is 37.9 Å². The van der Waals surface area contributed by atoms with Crippen LogP contribution in [-0.2, 0) is 9.53 Å². The van der Waals surface area contributed by atoms with E-state index in [-0.39, 0.29) is 18.8 Å². The average Bonchev–Trinajstić information content (AvgIpc) is 2.36. The van der Waals surface area contributed by atoms with E-state index in [0.29, 0.717) is 16.6 Å². The van der Waals surface area contributed by atoms with Gasteiger partial charge >= 0.3 is 5.97 Å². The van der Waals surface area contributed by atoms with Gasteiger partial charge in [0, 0.05) is 10.9 Å². The van der Waals surface area contributed by atoms with Crippen molar-refractivity contribution in [2.75, 3.05) is 6.61 Å². The van der Waals surface area contributed by atoms with Gasteiger partial charge in [0.2, 0.25) is 0 Å². The maximum absolute atomic E-state index is 13.0. The summed E-state index contributed by atoms with van der Waals surface area (Å²) in [7, 11) is 0. The molecule has 0 aliphatic rings. The lowest BCUT2D eigenvalue weighted by Crippen LogP contribution is -2.08. The van der Waals surface area contributed by atoms with Crippen LogP contribution in [0.25, 0.3) is 0 Å². The first-order chi connectivity index (χ1) is 8.54. The number of aliphatic hydroxyl groups excluding tert-OH is 1. The van der Waals surface area contributed by atoms with Crippen LogP contribution in [0.4, 0.5) is 4.39 Å². The smallest absolute Gasteiger partial charge is 0.305 e. The fraction of sp³-hybridized carbons (Fsp3) is 0.462. The van der Waals surface area contributed by atoms with E-state index in [9.17, 15) is 14.3 Å². The minimum atomic E-state index is -0.885. The summed E-state index contributed by atoms with van der Waals surface area (Å²) in [5.74, 6) is -0.760. The number of carbonyl (C=O) groups excluding carboxylic acids is 1. The molecule has 1 atom stereocenters. The van der Waals surface area contributed by atoms with E-state index in [1.165, 1.54) is 18.2 Å². The van der Waals surface area contributed by atoms with Crippen molar-refractivity contribution < 1.29 is 19.0 Å². The molecule has 0 heterocycles. The molecule has 0 saturated carbocycles. The third kappa shape index (κ3) is 4.74. The Kier molecular flexibility index (Phi) is 6.29. The van der Waals surface area contributed by atoms with Crippen molar-refractivity contribution in [2.45, 2.75) is 32.3 Å². The second-order valence-corrected chi connectivity index (χ2v) is 4.80. The predicted molar refractivity (Wildman–Crippen MR) is 69.5 cm³/mol. The van der Waals surface area contributed by atoms with Crippen LogP contribution < -0.4 is 0 Å². The number of hydrogen-bond acceptors (Lipinski definition) is 3. The summed E-state index contributed by atoms with van der Waals surface area (Å²) < 4.78 is 18.6. The summed E-state index contributed by atoms with van der Waals surface area (Å²) in [6.07, 6.45) is 0.211. The summed E-state index contributed by atoms with van der Waals surface area (Å²) >= 11 is 3.24. The Labute approximate surface area is 114 Å². The van der Waals surface area contributed by atoms with E-state index >= 15 is 0 Å². The van der Waals surface area contributed by atoms with Gasteiger partial charge in [0.05, 0.1) is 12.7 Å². The Bertz CT molecular complexity index is 409.